The highest BCUT2D eigenvalue weighted by atomic mass is 79.9. The van der Waals surface area contributed by atoms with Crippen molar-refractivity contribution in [3.63, 3.8) is 0 Å². The number of carbonyl (C=O) groups is 1. The van der Waals surface area contributed by atoms with E-state index in [1.807, 2.05) is 18.2 Å². The molecule has 1 fully saturated rings. The summed E-state index contributed by atoms with van der Waals surface area (Å²) in [6.07, 6.45) is 0. The third-order valence-corrected chi connectivity index (χ3v) is 4.23. The van der Waals surface area contributed by atoms with E-state index >= 15 is 0 Å². The number of ether oxygens (including phenoxy) is 1. The molecule has 0 amide bonds. The second-order valence-corrected chi connectivity index (χ2v) is 5.69. The molecule has 0 spiro atoms. The average Bonchev–Trinajstić information content (AvgIpc) is 2.90. The molecular formula is C14H17BrN4O2S. The van der Waals surface area contributed by atoms with E-state index in [0.29, 0.717) is 23.6 Å². The number of ketones is 1. The summed E-state index contributed by atoms with van der Waals surface area (Å²) < 4.78 is 6.77. The number of nitrogens with one attached hydrogen (secondary N) is 1. The highest BCUT2D eigenvalue weighted by Crippen LogP contribution is 2.15. The maximum absolute atomic E-state index is 12.2. The van der Waals surface area contributed by atoms with Gasteiger partial charge in [-0.05, 0) is 0 Å². The van der Waals surface area contributed by atoms with Crippen LogP contribution in [0.1, 0.15) is 10.4 Å². The predicted molar refractivity (Wildman–Crippen MR) is 90.1 cm³/mol. The molecule has 3 rings (SSSR count). The summed E-state index contributed by atoms with van der Waals surface area (Å²) in [5.74, 6) is -0.0343. The van der Waals surface area contributed by atoms with Gasteiger partial charge in [-0.3, -0.25) is 10.2 Å². The summed E-state index contributed by atoms with van der Waals surface area (Å²) >= 11 is 1.29. The number of hydrogen-bond donors (Lipinski definition) is 1. The Morgan fingerprint density at radius 1 is 1.27 bits per heavy atom. The lowest BCUT2D eigenvalue weighted by Crippen LogP contribution is -2.36. The van der Waals surface area contributed by atoms with Crippen molar-refractivity contribution in [3.8, 4) is 0 Å². The van der Waals surface area contributed by atoms with Crippen LogP contribution in [0.2, 0.25) is 0 Å². The van der Waals surface area contributed by atoms with Gasteiger partial charge in [0.15, 0.2) is 5.78 Å². The van der Waals surface area contributed by atoms with Crippen molar-refractivity contribution >= 4 is 39.2 Å². The standard InChI is InChI=1S/C14H16N4O2S.BrH/c15-13-18(10-12(19)11-4-2-1-3-5-11)16-14(21-13)17-6-8-20-9-7-17;/h1-5,15H,6-10H2;1H. The SMILES string of the molecule is Br.N=c1sc(N2CCOCC2)nn1CC(=O)c1ccccc1. The number of Topliss-reactive ketones (excluding diaryl/α,β-unsaturated/α-hetero) is 1. The number of aromatic nitrogens is 2. The molecule has 2 heterocycles. The molecule has 1 aliphatic heterocycles. The zero-order valence-electron chi connectivity index (χ0n) is 11.9. The van der Waals surface area contributed by atoms with E-state index in [1.165, 1.54) is 16.0 Å². The van der Waals surface area contributed by atoms with Crippen molar-refractivity contribution < 1.29 is 9.53 Å². The van der Waals surface area contributed by atoms with Crippen LogP contribution in [0.4, 0.5) is 5.13 Å². The molecule has 0 aliphatic carbocycles. The summed E-state index contributed by atoms with van der Waals surface area (Å²) in [5.41, 5.74) is 0.644. The number of hydrogen-bond acceptors (Lipinski definition) is 6. The van der Waals surface area contributed by atoms with Crippen molar-refractivity contribution in [1.29, 1.82) is 5.41 Å². The molecule has 0 unspecified atom stereocenters. The van der Waals surface area contributed by atoms with Crippen LogP contribution < -0.4 is 9.70 Å². The zero-order chi connectivity index (χ0) is 14.7. The zero-order valence-corrected chi connectivity index (χ0v) is 14.4. The second kappa shape index (κ2) is 7.66. The summed E-state index contributed by atoms with van der Waals surface area (Å²) in [4.78, 5) is 14.6. The quantitative estimate of drug-likeness (QED) is 0.814. The highest BCUT2D eigenvalue weighted by Gasteiger charge is 2.17. The molecule has 0 atom stereocenters. The molecule has 0 bridgehead atoms. The van der Waals surface area contributed by atoms with E-state index < -0.39 is 0 Å². The Labute approximate surface area is 142 Å². The van der Waals surface area contributed by atoms with Gasteiger partial charge in [-0.15, -0.1) is 22.1 Å². The molecule has 1 aliphatic rings. The smallest absolute Gasteiger partial charge is 0.208 e. The summed E-state index contributed by atoms with van der Waals surface area (Å²) in [7, 11) is 0. The van der Waals surface area contributed by atoms with Gasteiger partial charge in [0.1, 0.15) is 6.54 Å². The molecule has 0 saturated carbocycles. The minimum Gasteiger partial charge on any atom is -0.378 e. The van der Waals surface area contributed by atoms with Crippen LogP contribution in [0.15, 0.2) is 30.3 Å². The summed E-state index contributed by atoms with van der Waals surface area (Å²) in [5, 5.41) is 13.2. The van der Waals surface area contributed by atoms with Crippen LogP contribution in [0.3, 0.4) is 0 Å². The molecule has 6 nitrogen and oxygen atoms in total. The van der Waals surface area contributed by atoms with Crippen molar-refractivity contribution in [3.05, 3.63) is 40.7 Å². The Balaban J connectivity index is 0.00000176. The first-order valence-electron chi connectivity index (χ1n) is 6.77. The largest absolute Gasteiger partial charge is 0.378 e. The fourth-order valence-electron chi connectivity index (χ4n) is 2.15. The monoisotopic (exact) mass is 384 g/mol. The summed E-state index contributed by atoms with van der Waals surface area (Å²) in [6, 6.07) is 9.10. The number of benzene rings is 1. The number of nitrogens with zero attached hydrogens (tertiary/aromatic N) is 3. The normalized spacial score (nSPS) is 14.5. The Hall–Kier alpha value is -1.51. The third kappa shape index (κ3) is 3.82. The first kappa shape index (κ1) is 16.9. The number of anilines is 1. The van der Waals surface area contributed by atoms with Gasteiger partial charge in [0.05, 0.1) is 13.2 Å². The average molecular weight is 385 g/mol. The first-order chi connectivity index (χ1) is 10.2. The van der Waals surface area contributed by atoms with Gasteiger partial charge < -0.3 is 9.64 Å². The van der Waals surface area contributed by atoms with Gasteiger partial charge in [-0.2, -0.15) is 0 Å². The van der Waals surface area contributed by atoms with Gasteiger partial charge in [0.25, 0.3) is 0 Å². The lowest BCUT2D eigenvalue weighted by molar-refractivity contribution is 0.0965. The number of rotatable bonds is 4. The van der Waals surface area contributed by atoms with Gasteiger partial charge in [0.2, 0.25) is 9.93 Å². The maximum Gasteiger partial charge on any atom is 0.208 e. The fraction of sp³-hybridized carbons (Fsp3) is 0.357. The molecule has 22 heavy (non-hydrogen) atoms. The number of halogens is 1. The third-order valence-electron chi connectivity index (χ3n) is 3.30. The topological polar surface area (TPSA) is 71.2 Å². The van der Waals surface area contributed by atoms with Gasteiger partial charge in [0, 0.05) is 18.7 Å². The lowest BCUT2D eigenvalue weighted by atomic mass is 10.1. The fourth-order valence-corrected chi connectivity index (χ4v) is 2.98. The molecule has 8 heteroatoms. The van der Waals surface area contributed by atoms with E-state index in [4.69, 9.17) is 10.1 Å². The van der Waals surface area contributed by atoms with Gasteiger partial charge in [-0.25, -0.2) is 4.68 Å². The number of morpholine rings is 1. The van der Waals surface area contributed by atoms with Crippen LogP contribution in [0.25, 0.3) is 0 Å². The predicted octanol–water partition coefficient (Wildman–Crippen LogP) is 1.72. The van der Waals surface area contributed by atoms with Crippen LogP contribution in [-0.2, 0) is 11.3 Å². The van der Waals surface area contributed by atoms with Crippen LogP contribution in [0.5, 0.6) is 0 Å². The second-order valence-electron chi connectivity index (χ2n) is 4.74. The molecule has 118 valence electrons. The Morgan fingerprint density at radius 2 is 1.95 bits per heavy atom. The molecule has 0 radical (unpaired) electrons. The first-order valence-corrected chi connectivity index (χ1v) is 7.59. The minimum absolute atomic E-state index is 0. The van der Waals surface area contributed by atoms with Crippen molar-refractivity contribution in [1.82, 2.24) is 9.78 Å². The van der Waals surface area contributed by atoms with Crippen molar-refractivity contribution in [2.45, 2.75) is 6.54 Å². The molecular weight excluding hydrogens is 368 g/mol. The van der Waals surface area contributed by atoms with Crippen LogP contribution >= 0.6 is 28.3 Å². The van der Waals surface area contributed by atoms with E-state index in [9.17, 15) is 4.79 Å². The Kier molecular flexibility index (Phi) is 5.87. The van der Waals surface area contributed by atoms with E-state index in [2.05, 4.69) is 10.00 Å². The number of carbonyl (C=O) groups excluding carboxylic acids is 1. The Morgan fingerprint density at radius 3 is 2.64 bits per heavy atom. The van der Waals surface area contributed by atoms with Crippen LogP contribution in [-0.4, -0.2) is 41.9 Å². The Bertz CT molecular complexity index is 680. The molecule has 1 aromatic heterocycles. The molecule has 1 N–H and O–H groups in total. The molecule has 2 aromatic rings. The van der Waals surface area contributed by atoms with E-state index in [0.717, 1.165) is 18.2 Å². The lowest BCUT2D eigenvalue weighted by Gasteiger charge is -2.25. The van der Waals surface area contributed by atoms with Crippen molar-refractivity contribution in [2.24, 2.45) is 0 Å². The van der Waals surface area contributed by atoms with Crippen molar-refractivity contribution in [2.75, 3.05) is 31.2 Å². The minimum atomic E-state index is -0.0343. The van der Waals surface area contributed by atoms with Gasteiger partial charge >= 0.3 is 0 Å². The van der Waals surface area contributed by atoms with Gasteiger partial charge in [-0.1, -0.05) is 41.7 Å². The van der Waals surface area contributed by atoms with E-state index in [-0.39, 0.29) is 29.3 Å². The molecule has 1 saturated heterocycles. The molecule has 1 aromatic carbocycles. The van der Waals surface area contributed by atoms with Crippen LogP contribution in [0, 0.1) is 5.41 Å². The summed E-state index contributed by atoms with van der Waals surface area (Å²) in [6.45, 7) is 3.01. The van der Waals surface area contributed by atoms with E-state index in [1.54, 1.807) is 12.1 Å². The maximum atomic E-state index is 12.2. The highest BCUT2D eigenvalue weighted by molar-refractivity contribution is 8.93.